The van der Waals surface area contributed by atoms with Crippen molar-refractivity contribution in [2.24, 2.45) is 4.99 Å². The lowest BCUT2D eigenvalue weighted by atomic mass is 10.1. The van der Waals surface area contributed by atoms with Crippen LogP contribution in [0.4, 0.5) is 0 Å². The van der Waals surface area contributed by atoms with E-state index < -0.39 is 0 Å². The van der Waals surface area contributed by atoms with Gasteiger partial charge in [0.05, 0.1) is 20.3 Å². The third-order valence-corrected chi connectivity index (χ3v) is 4.40. The molecule has 0 aromatic heterocycles. The van der Waals surface area contributed by atoms with E-state index in [2.05, 4.69) is 58.9 Å². The van der Waals surface area contributed by atoms with E-state index in [0.717, 1.165) is 29.6 Å². The van der Waals surface area contributed by atoms with Crippen molar-refractivity contribution in [1.82, 2.24) is 15.5 Å². The van der Waals surface area contributed by atoms with Crippen LogP contribution in [0, 0.1) is 0 Å². The summed E-state index contributed by atoms with van der Waals surface area (Å²) in [5.41, 5.74) is 2.35. The number of nitrogens with zero attached hydrogens (tertiary/aromatic N) is 2. The standard InChI is InChI=1S/C21H30N4O2/c1-22-21(23-14-16-11-12-19(26-4)20(13-16)27-5)24-15-18(25(2)3)17-9-7-6-8-10-17/h6-13,18H,14-15H2,1-5H3,(H2,22,23,24). The van der Waals surface area contributed by atoms with E-state index in [1.54, 1.807) is 21.3 Å². The summed E-state index contributed by atoms with van der Waals surface area (Å²) in [5.74, 6) is 2.20. The van der Waals surface area contributed by atoms with Gasteiger partial charge in [0.1, 0.15) is 0 Å². The van der Waals surface area contributed by atoms with Crippen LogP contribution < -0.4 is 20.1 Å². The van der Waals surface area contributed by atoms with Gasteiger partial charge in [0, 0.05) is 20.1 Å². The van der Waals surface area contributed by atoms with Crippen molar-refractivity contribution < 1.29 is 9.47 Å². The van der Waals surface area contributed by atoms with Gasteiger partial charge in [0.2, 0.25) is 0 Å². The Balaban J connectivity index is 1.95. The van der Waals surface area contributed by atoms with Crippen molar-refractivity contribution >= 4 is 5.96 Å². The summed E-state index contributed by atoms with van der Waals surface area (Å²) in [6, 6.07) is 16.6. The summed E-state index contributed by atoms with van der Waals surface area (Å²) in [5, 5.41) is 6.76. The molecule has 0 saturated carbocycles. The summed E-state index contributed by atoms with van der Waals surface area (Å²) in [4.78, 5) is 6.52. The average Bonchev–Trinajstić information content (AvgIpc) is 2.70. The molecule has 6 heteroatoms. The van der Waals surface area contributed by atoms with Crippen LogP contribution in [0.2, 0.25) is 0 Å². The molecule has 27 heavy (non-hydrogen) atoms. The summed E-state index contributed by atoms with van der Waals surface area (Å²) >= 11 is 0. The number of likely N-dealkylation sites (N-methyl/N-ethyl adjacent to an activating group) is 1. The van der Waals surface area contributed by atoms with Crippen molar-refractivity contribution in [3.8, 4) is 11.5 Å². The summed E-state index contributed by atoms with van der Waals surface area (Å²) in [6.07, 6.45) is 0. The van der Waals surface area contributed by atoms with Gasteiger partial charge in [-0.1, -0.05) is 36.4 Å². The zero-order chi connectivity index (χ0) is 19.6. The van der Waals surface area contributed by atoms with Crippen LogP contribution in [0.15, 0.2) is 53.5 Å². The van der Waals surface area contributed by atoms with Gasteiger partial charge in [0.15, 0.2) is 17.5 Å². The number of hydrogen-bond acceptors (Lipinski definition) is 4. The molecule has 0 fully saturated rings. The van der Waals surface area contributed by atoms with E-state index in [4.69, 9.17) is 9.47 Å². The molecule has 0 radical (unpaired) electrons. The zero-order valence-electron chi connectivity index (χ0n) is 16.8. The maximum absolute atomic E-state index is 5.36. The van der Waals surface area contributed by atoms with Crippen molar-refractivity contribution in [1.29, 1.82) is 0 Å². The Morgan fingerprint density at radius 1 is 1.00 bits per heavy atom. The normalized spacial score (nSPS) is 12.6. The number of nitrogens with one attached hydrogen (secondary N) is 2. The minimum absolute atomic E-state index is 0.255. The SMILES string of the molecule is CN=C(NCc1ccc(OC)c(OC)c1)NCC(c1ccccc1)N(C)C. The highest BCUT2D eigenvalue weighted by atomic mass is 16.5. The van der Waals surface area contributed by atoms with Gasteiger partial charge in [-0.2, -0.15) is 0 Å². The molecule has 0 aliphatic rings. The Morgan fingerprint density at radius 2 is 1.70 bits per heavy atom. The van der Waals surface area contributed by atoms with E-state index in [1.807, 2.05) is 24.3 Å². The van der Waals surface area contributed by atoms with Gasteiger partial charge in [-0.15, -0.1) is 0 Å². The molecule has 0 heterocycles. The maximum Gasteiger partial charge on any atom is 0.191 e. The smallest absolute Gasteiger partial charge is 0.191 e. The van der Waals surface area contributed by atoms with Crippen molar-refractivity contribution in [3.05, 3.63) is 59.7 Å². The molecule has 1 unspecified atom stereocenters. The number of hydrogen-bond donors (Lipinski definition) is 2. The van der Waals surface area contributed by atoms with Crippen LogP contribution in [-0.4, -0.2) is 52.8 Å². The number of ether oxygens (including phenoxy) is 2. The van der Waals surface area contributed by atoms with E-state index in [0.29, 0.717) is 6.54 Å². The van der Waals surface area contributed by atoms with Gasteiger partial charge < -0.3 is 25.0 Å². The molecule has 0 aliphatic heterocycles. The predicted octanol–water partition coefficient (Wildman–Crippen LogP) is 2.67. The van der Waals surface area contributed by atoms with Crippen LogP contribution in [0.5, 0.6) is 11.5 Å². The van der Waals surface area contributed by atoms with Gasteiger partial charge in [-0.3, -0.25) is 4.99 Å². The quantitative estimate of drug-likeness (QED) is 0.553. The second-order valence-corrected chi connectivity index (χ2v) is 6.39. The minimum Gasteiger partial charge on any atom is -0.493 e. The summed E-state index contributed by atoms with van der Waals surface area (Å²) in [6.45, 7) is 1.39. The Bertz CT molecular complexity index is 732. The first kappa shape index (κ1) is 20.6. The number of guanidine groups is 1. The third-order valence-electron chi connectivity index (χ3n) is 4.40. The maximum atomic E-state index is 5.36. The molecule has 0 amide bonds. The molecular weight excluding hydrogens is 340 g/mol. The van der Waals surface area contributed by atoms with Crippen LogP contribution in [0.25, 0.3) is 0 Å². The van der Waals surface area contributed by atoms with E-state index in [1.165, 1.54) is 5.56 Å². The molecule has 0 aliphatic carbocycles. The molecule has 2 aromatic rings. The zero-order valence-corrected chi connectivity index (χ0v) is 16.8. The number of benzene rings is 2. The molecular formula is C21H30N4O2. The van der Waals surface area contributed by atoms with Crippen LogP contribution in [0.3, 0.4) is 0 Å². The molecule has 146 valence electrons. The molecule has 1 atom stereocenters. The number of rotatable bonds is 8. The fourth-order valence-electron chi connectivity index (χ4n) is 2.86. The average molecular weight is 370 g/mol. The van der Waals surface area contributed by atoms with E-state index in [-0.39, 0.29) is 6.04 Å². The first-order chi connectivity index (χ1) is 13.1. The van der Waals surface area contributed by atoms with E-state index in [9.17, 15) is 0 Å². The first-order valence-corrected chi connectivity index (χ1v) is 8.95. The fraction of sp³-hybridized carbons (Fsp3) is 0.381. The largest absolute Gasteiger partial charge is 0.493 e. The lowest BCUT2D eigenvalue weighted by Gasteiger charge is -2.26. The first-order valence-electron chi connectivity index (χ1n) is 8.95. The van der Waals surface area contributed by atoms with Crippen molar-refractivity contribution in [2.75, 3.05) is 41.9 Å². The molecule has 0 spiro atoms. The molecule has 2 N–H and O–H groups in total. The van der Waals surface area contributed by atoms with Crippen LogP contribution in [-0.2, 0) is 6.54 Å². The highest BCUT2D eigenvalue weighted by Gasteiger charge is 2.14. The van der Waals surface area contributed by atoms with Gasteiger partial charge >= 0.3 is 0 Å². The Labute approximate surface area is 162 Å². The van der Waals surface area contributed by atoms with Crippen molar-refractivity contribution in [3.63, 3.8) is 0 Å². The molecule has 6 nitrogen and oxygen atoms in total. The molecule has 0 bridgehead atoms. The summed E-state index contributed by atoms with van der Waals surface area (Å²) in [7, 11) is 9.21. The van der Waals surface area contributed by atoms with Gasteiger partial charge in [-0.25, -0.2) is 0 Å². The highest BCUT2D eigenvalue weighted by molar-refractivity contribution is 5.79. The molecule has 2 rings (SSSR count). The Morgan fingerprint density at radius 3 is 2.30 bits per heavy atom. The highest BCUT2D eigenvalue weighted by Crippen LogP contribution is 2.27. The predicted molar refractivity (Wildman–Crippen MR) is 111 cm³/mol. The van der Waals surface area contributed by atoms with Gasteiger partial charge in [0.25, 0.3) is 0 Å². The Kier molecular flexibility index (Phi) is 7.95. The fourth-order valence-corrected chi connectivity index (χ4v) is 2.86. The van der Waals surface area contributed by atoms with Gasteiger partial charge in [-0.05, 0) is 37.4 Å². The second-order valence-electron chi connectivity index (χ2n) is 6.39. The third kappa shape index (κ3) is 5.89. The van der Waals surface area contributed by atoms with Crippen LogP contribution >= 0.6 is 0 Å². The summed E-state index contributed by atoms with van der Waals surface area (Å²) < 4.78 is 10.6. The monoisotopic (exact) mass is 370 g/mol. The topological polar surface area (TPSA) is 58.1 Å². The second kappa shape index (κ2) is 10.4. The minimum atomic E-state index is 0.255. The molecule has 0 saturated heterocycles. The number of aliphatic imine (C=N–C) groups is 1. The van der Waals surface area contributed by atoms with E-state index >= 15 is 0 Å². The molecule has 2 aromatic carbocycles. The van der Waals surface area contributed by atoms with Crippen LogP contribution in [0.1, 0.15) is 17.2 Å². The Hall–Kier alpha value is -2.73. The lowest BCUT2D eigenvalue weighted by Crippen LogP contribution is -2.41. The van der Waals surface area contributed by atoms with Crippen molar-refractivity contribution in [2.45, 2.75) is 12.6 Å². The number of methoxy groups -OCH3 is 2. The lowest BCUT2D eigenvalue weighted by molar-refractivity contribution is 0.298.